The van der Waals surface area contributed by atoms with E-state index in [4.69, 9.17) is 7.73 Å². The molecule has 70 heavy (non-hydrogen) atoms. The average Bonchev–Trinajstić information content (AvgIpc) is 4.23. The Kier molecular flexibility index (Phi) is 7.47. The molecule has 0 aliphatic heterocycles. The van der Waals surface area contributed by atoms with Crippen LogP contribution in [-0.4, -0.2) is 23.3 Å². The maximum atomic E-state index is 9.53. The molecule has 5 heterocycles. The van der Waals surface area contributed by atoms with Gasteiger partial charge >= 0.3 is 0 Å². The predicted molar refractivity (Wildman–Crippen MR) is 292 cm³/mol. The molecule has 0 N–H and O–H groups in total. The van der Waals surface area contributed by atoms with Gasteiger partial charge in [-0.2, -0.15) is 0 Å². The molecule has 0 spiro atoms. The lowest BCUT2D eigenvalue weighted by Gasteiger charge is -2.20. The van der Waals surface area contributed by atoms with Crippen molar-refractivity contribution in [2.45, 2.75) is 0 Å². The van der Waals surface area contributed by atoms with E-state index >= 15 is 0 Å². The highest BCUT2D eigenvalue weighted by Gasteiger charge is 2.24. The van der Waals surface area contributed by atoms with Gasteiger partial charge in [-0.25, -0.2) is 4.98 Å². The van der Waals surface area contributed by atoms with E-state index in [1.165, 1.54) is 0 Å². The Labute approximate surface area is 408 Å². The number of benzene rings is 10. The first-order valence-electron chi connectivity index (χ1n) is 25.6. The molecule has 0 aliphatic rings. The summed E-state index contributed by atoms with van der Waals surface area (Å²) in [6, 6.07) is 77.9. The Bertz CT molecular complexity index is 4740. The summed E-state index contributed by atoms with van der Waals surface area (Å²) in [7, 11) is 0. The van der Waals surface area contributed by atoms with E-state index in [2.05, 4.69) is 214 Å². The fourth-order valence-electron chi connectivity index (χ4n) is 11.4. The highest BCUT2D eigenvalue weighted by molar-refractivity contribution is 6.14. The van der Waals surface area contributed by atoms with E-state index < -0.39 is 0 Å². The number of nitrogens with zero attached hydrogens (tertiary/aromatic N) is 5. The number of pyridine rings is 1. The normalized spacial score (nSPS) is 12.8. The number of aromatic nitrogens is 5. The van der Waals surface area contributed by atoms with Gasteiger partial charge in [0.05, 0.1) is 66.7 Å². The minimum absolute atomic E-state index is 0.0854. The van der Waals surface area contributed by atoms with Gasteiger partial charge in [-0.05, 0) is 90.0 Å². The van der Waals surface area contributed by atoms with Crippen molar-refractivity contribution in [1.29, 1.82) is 0 Å². The predicted octanol–water partition coefficient (Wildman–Crippen LogP) is 16.8. The van der Waals surface area contributed by atoms with Crippen LogP contribution in [0.25, 0.3) is 132 Å². The molecule has 0 radical (unpaired) electrons. The molecule has 0 saturated heterocycles. The van der Waals surface area contributed by atoms with Gasteiger partial charge in [0.25, 0.3) is 0 Å². The number of rotatable bonds is 6. The third-order valence-corrected chi connectivity index (χ3v) is 14.3. The van der Waals surface area contributed by atoms with Crippen LogP contribution >= 0.6 is 0 Å². The zero-order valence-electron chi connectivity index (χ0n) is 41.6. The summed E-state index contributed by atoms with van der Waals surface area (Å²) in [6.45, 7) is 0. The van der Waals surface area contributed by atoms with Crippen molar-refractivity contribution in [3.63, 3.8) is 0 Å². The van der Waals surface area contributed by atoms with Crippen LogP contribution in [0.4, 0.5) is 0 Å². The van der Waals surface area contributed by atoms with Gasteiger partial charge in [-0.1, -0.05) is 164 Å². The summed E-state index contributed by atoms with van der Waals surface area (Å²) in [4.78, 5) is 5.79. The largest absolute Gasteiger partial charge is 0.309 e. The molecule has 0 saturated carbocycles. The minimum atomic E-state index is -0.298. The van der Waals surface area contributed by atoms with Crippen molar-refractivity contribution in [1.82, 2.24) is 23.3 Å². The summed E-state index contributed by atoms with van der Waals surface area (Å²) in [5.41, 5.74) is 13.9. The zero-order chi connectivity index (χ0) is 49.3. The topological polar surface area (TPSA) is 32.6 Å². The van der Waals surface area contributed by atoms with Gasteiger partial charge < -0.3 is 13.7 Å². The van der Waals surface area contributed by atoms with E-state index in [1.807, 2.05) is 28.8 Å². The Hall–Kier alpha value is -9.45. The molecule has 0 amide bonds. The summed E-state index contributed by atoms with van der Waals surface area (Å²) >= 11 is 0. The molecular weight excluding hydrogens is 851 g/mol. The van der Waals surface area contributed by atoms with Crippen LogP contribution in [0, 0.1) is 0 Å². The smallest absolute Gasteiger partial charge is 0.140 e. The quantitative estimate of drug-likeness (QED) is 0.164. The molecule has 0 atom stereocenters. The van der Waals surface area contributed by atoms with Crippen LogP contribution in [0.3, 0.4) is 0 Å². The SMILES string of the molecule is [2H]c1c([2H])c([2H])c2c(c1[2H])c1ccccc1n2-c1cc(-n2c3ccccc3c3ccccc32)cc(-c2c(-c3ccc4c(c3)c3ccccc3n4-c3ccccc3)cccc2-n2c3ccccc3c3ccccc32)n1. The standard InChI is InChI=1S/C65H41N5/c1-2-19-43(20-3-1)67-57-31-13-10-27-52(57)53-39-42(37-38-62(53)67)45-28-18-36-63(69-58-32-14-6-23-48(58)49-24-7-15-33-59(49)69)65(45)54-40-44(68-55-29-11-4-21-46(55)47-22-5-12-30-56(47)68)41-64(66-54)70-60-34-16-8-25-50(60)51-26-9-17-35-61(51)70/h1-41H/i8D,16D,25D,34D. The molecule has 5 heteroatoms. The number of fused-ring (bicyclic) bond motifs is 12. The molecule has 0 aliphatic carbocycles. The Morgan fingerprint density at radius 2 is 0.786 bits per heavy atom. The second-order valence-electron chi connectivity index (χ2n) is 18.0. The Morgan fingerprint density at radius 1 is 0.314 bits per heavy atom. The Morgan fingerprint density at radius 3 is 1.39 bits per heavy atom. The van der Waals surface area contributed by atoms with Crippen LogP contribution in [0.5, 0.6) is 0 Å². The van der Waals surface area contributed by atoms with Crippen LogP contribution < -0.4 is 0 Å². The highest BCUT2D eigenvalue weighted by Crippen LogP contribution is 2.45. The summed E-state index contributed by atoms with van der Waals surface area (Å²) < 4.78 is 45.6. The van der Waals surface area contributed by atoms with Crippen molar-refractivity contribution in [3.8, 4) is 45.3 Å². The number of para-hydroxylation sites is 8. The minimum Gasteiger partial charge on any atom is -0.309 e. The van der Waals surface area contributed by atoms with Crippen LogP contribution in [-0.2, 0) is 0 Å². The van der Waals surface area contributed by atoms with Gasteiger partial charge in [-0.15, -0.1) is 0 Å². The van der Waals surface area contributed by atoms with Crippen molar-refractivity contribution < 1.29 is 5.48 Å². The van der Waals surface area contributed by atoms with Crippen molar-refractivity contribution >= 4 is 87.2 Å². The van der Waals surface area contributed by atoms with E-state index in [9.17, 15) is 2.74 Å². The maximum absolute atomic E-state index is 9.53. The lowest BCUT2D eigenvalue weighted by atomic mass is 9.94. The highest BCUT2D eigenvalue weighted by atomic mass is 15.1. The Balaban J connectivity index is 1.11. The molecule has 15 aromatic rings. The van der Waals surface area contributed by atoms with Crippen LogP contribution in [0.1, 0.15) is 5.48 Å². The van der Waals surface area contributed by atoms with E-state index in [1.54, 1.807) is 0 Å². The first kappa shape index (κ1) is 34.8. The number of hydrogen-bond donors (Lipinski definition) is 0. The maximum Gasteiger partial charge on any atom is 0.140 e. The van der Waals surface area contributed by atoms with Crippen molar-refractivity contribution in [2.24, 2.45) is 0 Å². The fraction of sp³-hybridized carbons (Fsp3) is 0. The zero-order valence-corrected chi connectivity index (χ0v) is 37.6. The lowest BCUT2D eigenvalue weighted by Crippen LogP contribution is -2.06. The van der Waals surface area contributed by atoms with Gasteiger partial charge in [0.1, 0.15) is 5.82 Å². The van der Waals surface area contributed by atoms with Crippen LogP contribution in [0.15, 0.2) is 249 Å². The molecule has 326 valence electrons. The molecule has 0 bridgehead atoms. The summed E-state index contributed by atoms with van der Waals surface area (Å²) in [6.07, 6.45) is 0. The van der Waals surface area contributed by atoms with E-state index in [0.717, 1.165) is 110 Å². The second-order valence-corrected chi connectivity index (χ2v) is 18.0. The van der Waals surface area contributed by atoms with Crippen molar-refractivity contribution in [2.75, 3.05) is 0 Å². The molecule has 0 unspecified atom stereocenters. The third-order valence-electron chi connectivity index (χ3n) is 14.3. The van der Waals surface area contributed by atoms with Gasteiger partial charge in [0, 0.05) is 60.4 Å². The van der Waals surface area contributed by atoms with Gasteiger partial charge in [0.2, 0.25) is 0 Å². The molecule has 10 aromatic carbocycles. The summed E-state index contributed by atoms with van der Waals surface area (Å²) in [5, 5.41) is 7.95. The monoisotopic (exact) mass is 895 g/mol. The first-order chi connectivity index (χ1) is 36.4. The van der Waals surface area contributed by atoms with Crippen LogP contribution in [0.2, 0.25) is 0 Å². The third kappa shape index (κ3) is 5.57. The molecule has 5 aromatic heterocycles. The summed E-state index contributed by atoms with van der Waals surface area (Å²) in [5.74, 6) is 0.514. The van der Waals surface area contributed by atoms with E-state index in [-0.39, 0.29) is 24.2 Å². The van der Waals surface area contributed by atoms with Crippen molar-refractivity contribution in [3.05, 3.63) is 249 Å². The molecule has 0 fully saturated rings. The van der Waals surface area contributed by atoms with Gasteiger partial charge in [0.15, 0.2) is 0 Å². The lowest BCUT2D eigenvalue weighted by molar-refractivity contribution is 1.06. The fourth-order valence-corrected chi connectivity index (χ4v) is 11.4. The van der Waals surface area contributed by atoms with Gasteiger partial charge in [-0.3, -0.25) is 4.57 Å². The molecule has 5 nitrogen and oxygen atoms in total. The van der Waals surface area contributed by atoms with E-state index in [0.29, 0.717) is 22.4 Å². The average molecular weight is 896 g/mol. The molecule has 15 rings (SSSR count). The second kappa shape index (κ2) is 15.0. The first-order valence-corrected chi connectivity index (χ1v) is 23.6. The molecular formula is C65H41N5. The number of hydrogen-bond acceptors (Lipinski definition) is 1.